The largest absolute Gasteiger partial charge is 0.508 e. The van der Waals surface area contributed by atoms with Gasteiger partial charge in [0.2, 0.25) is 0 Å². The van der Waals surface area contributed by atoms with Crippen molar-refractivity contribution in [2.45, 2.75) is 20.4 Å². The molecule has 5 nitrogen and oxygen atoms in total. The number of rotatable bonds is 5. The quantitative estimate of drug-likeness (QED) is 0.877. The summed E-state index contributed by atoms with van der Waals surface area (Å²) in [6.07, 6.45) is 1.38. The molecule has 2 N–H and O–H groups in total. The molecule has 1 aromatic carbocycles. The van der Waals surface area contributed by atoms with Crippen molar-refractivity contribution in [3.63, 3.8) is 0 Å². The average molecular weight is 275 g/mol. The van der Waals surface area contributed by atoms with Gasteiger partial charge in [0.15, 0.2) is 0 Å². The fourth-order valence-electron chi connectivity index (χ4n) is 2.13. The van der Waals surface area contributed by atoms with Gasteiger partial charge in [-0.1, -0.05) is 6.07 Å². The molecule has 0 saturated carbocycles. The lowest BCUT2D eigenvalue weighted by atomic mass is 10.1. The highest BCUT2D eigenvalue weighted by atomic mass is 16.4. The molecule has 0 bridgehead atoms. The number of furan rings is 1. The van der Waals surface area contributed by atoms with Crippen molar-refractivity contribution < 1.29 is 19.4 Å². The van der Waals surface area contributed by atoms with E-state index in [4.69, 9.17) is 9.52 Å². The zero-order valence-corrected chi connectivity index (χ0v) is 11.5. The topological polar surface area (TPSA) is 73.9 Å². The van der Waals surface area contributed by atoms with E-state index >= 15 is 0 Å². The number of carboxylic acid groups (broad SMARTS) is 1. The molecule has 0 fully saturated rings. The van der Waals surface area contributed by atoms with E-state index in [-0.39, 0.29) is 11.3 Å². The Hall–Kier alpha value is -2.43. The van der Waals surface area contributed by atoms with Crippen LogP contribution < -0.4 is 4.90 Å². The standard InChI is InChI=1S/C15H17NO4/c1-3-16(13-8-11(17)5-4-10(13)2)9-14-12(15(18)19)6-7-20-14/h4-8,17H,3,9H2,1-2H3,(H,18,19). The van der Waals surface area contributed by atoms with Crippen LogP contribution in [0.25, 0.3) is 0 Å². The highest BCUT2D eigenvalue weighted by molar-refractivity contribution is 5.88. The zero-order valence-electron chi connectivity index (χ0n) is 11.5. The van der Waals surface area contributed by atoms with Crippen molar-refractivity contribution in [3.05, 3.63) is 47.4 Å². The van der Waals surface area contributed by atoms with Crippen LogP contribution in [0.4, 0.5) is 5.69 Å². The Morgan fingerprint density at radius 1 is 1.35 bits per heavy atom. The van der Waals surface area contributed by atoms with Crippen LogP contribution in [-0.4, -0.2) is 22.7 Å². The molecule has 0 unspecified atom stereocenters. The number of aromatic carboxylic acids is 1. The van der Waals surface area contributed by atoms with E-state index in [1.165, 1.54) is 12.3 Å². The molecular formula is C15H17NO4. The second kappa shape index (κ2) is 5.69. The molecule has 2 aromatic rings. The summed E-state index contributed by atoms with van der Waals surface area (Å²) in [5, 5.41) is 18.7. The van der Waals surface area contributed by atoms with Crippen LogP contribution in [0.1, 0.15) is 28.6 Å². The number of benzene rings is 1. The van der Waals surface area contributed by atoms with E-state index in [1.807, 2.05) is 24.8 Å². The molecule has 0 spiro atoms. The minimum atomic E-state index is -1.00. The van der Waals surface area contributed by atoms with Crippen LogP contribution in [0.3, 0.4) is 0 Å². The molecule has 0 aliphatic carbocycles. The first-order valence-electron chi connectivity index (χ1n) is 6.37. The van der Waals surface area contributed by atoms with Gasteiger partial charge in [-0.15, -0.1) is 0 Å². The second-order valence-electron chi connectivity index (χ2n) is 4.55. The van der Waals surface area contributed by atoms with Gasteiger partial charge in [-0.3, -0.25) is 0 Å². The maximum atomic E-state index is 11.1. The van der Waals surface area contributed by atoms with E-state index in [9.17, 15) is 9.90 Å². The number of aryl methyl sites for hydroxylation is 1. The number of hydrogen-bond donors (Lipinski definition) is 2. The first-order chi connectivity index (χ1) is 9.52. The Morgan fingerprint density at radius 3 is 2.75 bits per heavy atom. The third kappa shape index (κ3) is 2.77. The van der Waals surface area contributed by atoms with Crippen LogP contribution in [0.2, 0.25) is 0 Å². The van der Waals surface area contributed by atoms with Gasteiger partial charge in [0.1, 0.15) is 17.1 Å². The monoisotopic (exact) mass is 275 g/mol. The number of phenols is 1. The van der Waals surface area contributed by atoms with Crippen molar-refractivity contribution in [1.82, 2.24) is 0 Å². The second-order valence-corrected chi connectivity index (χ2v) is 4.55. The minimum absolute atomic E-state index is 0.168. The average Bonchev–Trinajstić information content (AvgIpc) is 2.87. The highest BCUT2D eigenvalue weighted by Crippen LogP contribution is 2.27. The normalized spacial score (nSPS) is 10.5. The van der Waals surface area contributed by atoms with Gasteiger partial charge in [-0.2, -0.15) is 0 Å². The maximum Gasteiger partial charge on any atom is 0.339 e. The summed E-state index contributed by atoms with van der Waals surface area (Å²) in [5.41, 5.74) is 2.04. The van der Waals surface area contributed by atoms with Crippen molar-refractivity contribution in [1.29, 1.82) is 0 Å². The van der Waals surface area contributed by atoms with Crippen molar-refractivity contribution in [3.8, 4) is 5.75 Å². The van der Waals surface area contributed by atoms with E-state index < -0.39 is 5.97 Å². The first kappa shape index (κ1) is 14.0. The van der Waals surface area contributed by atoms with Gasteiger partial charge in [0, 0.05) is 18.3 Å². The van der Waals surface area contributed by atoms with Gasteiger partial charge in [0.25, 0.3) is 0 Å². The summed E-state index contributed by atoms with van der Waals surface area (Å²) in [6, 6.07) is 6.57. The lowest BCUT2D eigenvalue weighted by Crippen LogP contribution is -2.23. The fraction of sp³-hybridized carbons (Fsp3) is 0.267. The Balaban J connectivity index is 2.31. The summed E-state index contributed by atoms with van der Waals surface area (Å²) in [6.45, 7) is 4.92. The fourth-order valence-corrected chi connectivity index (χ4v) is 2.13. The van der Waals surface area contributed by atoms with Gasteiger partial charge in [-0.05, 0) is 31.5 Å². The molecule has 1 heterocycles. The summed E-state index contributed by atoms with van der Waals surface area (Å²) < 4.78 is 5.26. The predicted molar refractivity (Wildman–Crippen MR) is 75.2 cm³/mol. The van der Waals surface area contributed by atoms with Crippen LogP contribution >= 0.6 is 0 Å². The van der Waals surface area contributed by atoms with Crippen molar-refractivity contribution in [2.24, 2.45) is 0 Å². The van der Waals surface area contributed by atoms with Crippen molar-refractivity contribution >= 4 is 11.7 Å². The highest BCUT2D eigenvalue weighted by Gasteiger charge is 2.17. The molecule has 2 rings (SSSR count). The number of aromatic hydroxyl groups is 1. The van der Waals surface area contributed by atoms with Crippen LogP contribution in [0.15, 0.2) is 34.9 Å². The number of carbonyl (C=O) groups is 1. The smallest absolute Gasteiger partial charge is 0.339 e. The Morgan fingerprint density at radius 2 is 2.10 bits per heavy atom. The third-order valence-electron chi connectivity index (χ3n) is 3.23. The molecule has 0 amide bonds. The first-order valence-corrected chi connectivity index (χ1v) is 6.37. The van der Waals surface area contributed by atoms with Gasteiger partial charge in [-0.25, -0.2) is 4.79 Å². The number of carboxylic acids is 1. The summed E-state index contributed by atoms with van der Waals surface area (Å²) >= 11 is 0. The summed E-state index contributed by atoms with van der Waals surface area (Å²) in [5.74, 6) is -0.415. The molecule has 0 aliphatic heterocycles. The molecule has 5 heteroatoms. The van der Waals surface area contributed by atoms with E-state index in [2.05, 4.69) is 0 Å². The SMILES string of the molecule is CCN(Cc1occc1C(=O)O)c1cc(O)ccc1C. The number of hydrogen-bond acceptors (Lipinski definition) is 4. The molecule has 20 heavy (non-hydrogen) atoms. The van der Waals surface area contributed by atoms with Crippen LogP contribution in [0.5, 0.6) is 5.75 Å². The third-order valence-corrected chi connectivity index (χ3v) is 3.23. The van der Waals surface area contributed by atoms with E-state index in [0.29, 0.717) is 18.8 Å². The number of anilines is 1. The Kier molecular flexibility index (Phi) is 3.98. The van der Waals surface area contributed by atoms with Crippen molar-refractivity contribution in [2.75, 3.05) is 11.4 Å². The Bertz CT molecular complexity index is 618. The van der Waals surface area contributed by atoms with E-state index in [1.54, 1.807) is 12.1 Å². The molecular weight excluding hydrogens is 258 g/mol. The number of phenolic OH excluding ortho intramolecular Hbond substituents is 1. The maximum absolute atomic E-state index is 11.1. The van der Waals surface area contributed by atoms with Gasteiger partial charge in [0.05, 0.1) is 12.8 Å². The predicted octanol–water partition coefficient (Wildman–Crippen LogP) is 3.02. The lowest BCUT2D eigenvalue weighted by Gasteiger charge is -2.24. The molecule has 1 aromatic heterocycles. The molecule has 0 saturated heterocycles. The van der Waals surface area contributed by atoms with E-state index in [0.717, 1.165) is 11.3 Å². The summed E-state index contributed by atoms with van der Waals surface area (Å²) in [4.78, 5) is 13.1. The van der Waals surface area contributed by atoms with Crippen LogP contribution in [0, 0.1) is 6.92 Å². The van der Waals surface area contributed by atoms with Gasteiger partial charge < -0.3 is 19.5 Å². The lowest BCUT2D eigenvalue weighted by molar-refractivity contribution is 0.0694. The minimum Gasteiger partial charge on any atom is -0.508 e. The Labute approximate surface area is 117 Å². The molecule has 0 atom stereocenters. The molecule has 0 radical (unpaired) electrons. The summed E-state index contributed by atoms with van der Waals surface area (Å²) in [7, 11) is 0. The molecule has 0 aliphatic rings. The number of nitrogens with zero attached hydrogens (tertiary/aromatic N) is 1. The zero-order chi connectivity index (χ0) is 14.7. The van der Waals surface area contributed by atoms with Gasteiger partial charge >= 0.3 is 5.97 Å². The molecule has 106 valence electrons. The van der Waals surface area contributed by atoms with Crippen LogP contribution in [-0.2, 0) is 6.54 Å².